The molecule has 1 aromatic carbocycles. The molecular formula is C17H21N. The summed E-state index contributed by atoms with van der Waals surface area (Å²) >= 11 is 0. The van der Waals surface area contributed by atoms with Crippen LogP contribution in [0.1, 0.15) is 55.2 Å². The number of hydrogen-bond acceptors (Lipinski definition) is 1. The summed E-state index contributed by atoms with van der Waals surface area (Å²) in [5, 5.41) is 9.55. The molecule has 18 heavy (non-hydrogen) atoms. The smallest absolute Gasteiger partial charge is 0.0693 e. The second-order valence-corrected chi connectivity index (χ2v) is 6.09. The Hall–Kier alpha value is -1.29. The molecule has 1 saturated carbocycles. The predicted octanol–water partition coefficient (Wildman–Crippen LogP) is 4.19. The quantitative estimate of drug-likeness (QED) is 0.759. The number of fused-ring (bicyclic) bond motifs is 1. The first kappa shape index (κ1) is 11.8. The molecule has 0 unspecified atom stereocenters. The monoisotopic (exact) mass is 239 g/mol. The van der Waals surface area contributed by atoms with Crippen LogP contribution in [-0.4, -0.2) is 0 Å². The van der Waals surface area contributed by atoms with Crippen LogP contribution in [0.5, 0.6) is 0 Å². The van der Waals surface area contributed by atoms with Gasteiger partial charge >= 0.3 is 0 Å². The molecule has 2 aliphatic rings. The summed E-state index contributed by atoms with van der Waals surface area (Å²) in [5.74, 6) is 0. The molecule has 0 amide bonds. The van der Waals surface area contributed by atoms with Gasteiger partial charge in [-0.1, -0.05) is 37.5 Å². The second kappa shape index (κ2) is 4.76. The van der Waals surface area contributed by atoms with E-state index in [-0.39, 0.29) is 5.41 Å². The topological polar surface area (TPSA) is 23.8 Å². The van der Waals surface area contributed by atoms with Crippen LogP contribution in [0.4, 0.5) is 0 Å². The van der Waals surface area contributed by atoms with Gasteiger partial charge in [-0.25, -0.2) is 0 Å². The van der Waals surface area contributed by atoms with Gasteiger partial charge in [0.15, 0.2) is 0 Å². The molecule has 1 fully saturated rings. The molecule has 0 aliphatic heterocycles. The summed E-state index contributed by atoms with van der Waals surface area (Å²) in [4.78, 5) is 0. The number of hydrogen-bond donors (Lipinski definition) is 0. The molecule has 3 rings (SSSR count). The van der Waals surface area contributed by atoms with Crippen LogP contribution in [0.2, 0.25) is 0 Å². The molecule has 1 aromatic rings. The maximum absolute atomic E-state index is 9.55. The van der Waals surface area contributed by atoms with Gasteiger partial charge in [0.05, 0.1) is 11.5 Å². The van der Waals surface area contributed by atoms with E-state index in [1.807, 2.05) is 0 Å². The van der Waals surface area contributed by atoms with Crippen molar-refractivity contribution in [1.29, 1.82) is 5.26 Å². The fourth-order valence-corrected chi connectivity index (χ4v) is 3.68. The lowest BCUT2D eigenvalue weighted by Crippen LogP contribution is -2.24. The van der Waals surface area contributed by atoms with Crippen molar-refractivity contribution in [1.82, 2.24) is 0 Å². The van der Waals surface area contributed by atoms with Gasteiger partial charge in [0.25, 0.3) is 0 Å². The Kier molecular flexibility index (Phi) is 3.12. The highest BCUT2D eigenvalue weighted by Crippen LogP contribution is 2.39. The molecular weight excluding hydrogens is 218 g/mol. The van der Waals surface area contributed by atoms with Crippen LogP contribution in [-0.2, 0) is 19.3 Å². The van der Waals surface area contributed by atoms with E-state index in [1.54, 1.807) is 0 Å². The van der Waals surface area contributed by atoms with Crippen molar-refractivity contribution in [2.24, 2.45) is 5.41 Å². The van der Waals surface area contributed by atoms with E-state index in [0.717, 1.165) is 19.3 Å². The lowest BCUT2D eigenvalue weighted by molar-refractivity contribution is 0.266. The van der Waals surface area contributed by atoms with Crippen LogP contribution in [0.3, 0.4) is 0 Å². The summed E-state index contributed by atoms with van der Waals surface area (Å²) < 4.78 is 0. The zero-order valence-electron chi connectivity index (χ0n) is 11.0. The average Bonchev–Trinajstić information content (AvgIpc) is 2.87. The lowest BCUT2D eigenvalue weighted by Gasteiger charge is -2.30. The maximum Gasteiger partial charge on any atom is 0.0693 e. The lowest BCUT2D eigenvalue weighted by atomic mass is 9.71. The summed E-state index contributed by atoms with van der Waals surface area (Å²) in [7, 11) is 0. The molecule has 0 saturated heterocycles. The predicted molar refractivity (Wildman–Crippen MR) is 73.3 cm³/mol. The number of nitrogens with zero attached hydrogens (tertiary/aromatic N) is 1. The first-order valence-electron chi connectivity index (χ1n) is 7.33. The van der Waals surface area contributed by atoms with Gasteiger partial charge < -0.3 is 0 Å². The maximum atomic E-state index is 9.55. The van der Waals surface area contributed by atoms with E-state index < -0.39 is 0 Å². The molecule has 0 radical (unpaired) electrons. The third-order valence-electron chi connectivity index (χ3n) is 4.75. The Morgan fingerprint density at radius 3 is 2.56 bits per heavy atom. The van der Waals surface area contributed by atoms with E-state index in [1.165, 1.54) is 55.2 Å². The normalized spacial score (nSPS) is 21.3. The molecule has 0 spiro atoms. The second-order valence-electron chi connectivity index (χ2n) is 6.09. The molecule has 0 atom stereocenters. The highest BCUT2D eigenvalue weighted by Gasteiger charge is 2.32. The van der Waals surface area contributed by atoms with Crippen molar-refractivity contribution >= 4 is 0 Å². The fraction of sp³-hybridized carbons (Fsp3) is 0.588. The van der Waals surface area contributed by atoms with E-state index in [4.69, 9.17) is 0 Å². The van der Waals surface area contributed by atoms with E-state index in [0.29, 0.717) is 0 Å². The van der Waals surface area contributed by atoms with Crippen LogP contribution in [0.25, 0.3) is 0 Å². The molecule has 2 aliphatic carbocycles. The molecule has 0 aromatic heterocycles. The van der Waals surface area contributed by atoms with Crippen LogP contribution >= 0.6 is 0 Å². The SMILES string of the molecule is N#CC1(Cc2ccc3c(c2)CCC3)CCCCC1. The largest absolute Gasteiger partial charge is 0.198 e. The van der Waals surface area contributed by atoms with Crippen molar-refractivity contribution in [3.05, 3.63) is 34.9 Å². The molecule has 94 valence electrons. The standard InChI is InChI=1S/C17H21N/c18-13-17(9-2-1-3-10-17)12-14-7-8-15-5-4-6-16(15)11-14/h7-8,11H,1-6,9-10,12H2. The van der Waals surface area contributed by atoms with Crippen LogP contribution in [0, 0.1) is 16.7 Å². The van der Waals surface area contributed by atoms with Crippen molar-refractivity contribution < 1.29 is 0 Å². The minimum absolute atomic E-state index is 0.0644. The Bertz CT molecular complexity index is 475. The number of aryl methyl sites for hydroxylation is 2. The molecule has 1 nitrogen and oxygen atoms in total. The van der Waals surface area contributed by atoms with Crippen molar-refractivity contribution in [3.8, 4) is 6.07 Å². The minimum atomic E-state index is -0.0644. The summed E-state index contributed by atoms with van der Waals surface area (Å²) in [6.45, 7) is 0. The Balaban J connectivity index is 1.81. The molecule has 0 heterocycles. The highest BCUT2D eigenvalue weighted by atomic mass is 14.4. The Morgan fingerprint density at radius 1 is 1.00 bits per heavy atom. The Morgan fingerprint density at radius 2 is 1.78 bits per heavy atom. The van der Waals surface area contributed by atoms with Crippen molar-refractivity contribution in [3.63, 3.8) is 0 Å². The van der Waals surface area contributed by atoms with Crippen molar-refractivity contribution in [2.75, 3.05) is 0 Å². The number of rotatable bonds is 2. The van der Waals surface area contributed by atoms with Crippen LogP contribution in [0.15, 0.2) is 18.2 Å². The first-order valence-corrected chi connectivity index (χ1v) is 7.33. The van der Waals surface area contributed by atoms with E-state index in [2.05, 4.69) is 24.3 Å². The first-order chi connectivity index (χ1) is 8.81. The van der Waals surface area contributed by atoms with E-state index >= 15 is 0 Å². The van der Waals surface area contributed by atoms with Crippen molar-refractivity contribution in [2.45, 2.75) is 57.8 Å². The summed E-state index contributed by atoms with van der Waals surface area (Å²) in [6.07, 6.45) is 10.7. The molecule has 0 N–H and O–H groups in total. The molecule has 1 heteroatoms. The van der Waals surface area contributed by atoms with Gasteiger partial charge in [-0.2, -0.15) is 5.26 Å². The molecule has 0 bridgehead atoms. The zero-order valence-corrected chi connectivity index (χ0v) is 11.0. The van der Waals surface area contributed by atoms with E-state index in [9.17, 15) is 5.26 Å². The van der Waals surface area contributed by atoms with Gasteiger partial charge in [-0.15, -0.1) is 0 Å². The third-order valence-corrected chi connectivity index (χ3v) is 4.75. The van der Waals surface area contributed by atoms with Gasteiger partial charge in [-0.05, 0) is 55.2 Å². The fourth-order valence-electron chi connectivity index (χ4n) is 3.68. The minimum Gasteiger partial charge on any atom is -0.198 e. The van der Waals surface area contributed by atoms with Gasteiger partial charge in [0.2, 0.25) is 0 Å². The van der Waals surface area contributed by atoms with Gasteiger partial charge in [0, 0.05) is 0 Å². The highest BCUT2D eigenvalue weighted by molar-refractivity contribution is 5.36. The average molecular weight is 239 g/mol. The third kappa shape index (κ3) is 2.17. The van der Waals surface area contributed by atoms with Crippen LogP contribution < -0.4 is 0 Å². The Labute approximate surface area is 110 Å². The number of nitriles is 1. The number of benzene rings is 1. The summed E-state index contributed by atoms with van der Waals surface area (Å²) in [5.41, 5.74) is 4.40. The van der Waals surface area contributed by atoms with Gasteiger partial charge in [-0.3, -0.25) is 0 Å². The summed E-state index contributed by atoms with van der Waals surface area (Å²) in [6, 6.07) is 9.56. The van der Waals surface area contributed by atoms with Gasteiger partial charge in [0.1, 0.15) is 0 Å². The zero-order chi connectivity index (χ0) is 12.4.